The number of amides is 2. The molecule has 0 aliphatic heterocycles. The summed E-state index contributed by atoms with van der Waals surface area (Å²) in [5.41, 5.74) is 8.26. The molecule has 13 nitrogen and oxygen atoms in total. The van der Waals surface area contributed by atoms with E-state index in [1.54, 1.807) is 45.0 Å². The molecule has 39 heavy (non-hydrogen) atoms. The van der Waals surface area contributed by atoms with Crippen molar-refractivity contribution in [1.82, 2.24) is 10.6 Å². The van der Waals surface area contributed by atoms with Gasteiger partial charge in [0.2, 0.25) is 11.8 Å². The minimum atomic E-state index is -1.35. The highest BCUT2D eigenvalue weighted by molar-refractivity contribution is 5.84. The van der Waals surface area contributed by atoms with E-state index < -0.39 is 47.4 Å². The molecule has 0 bridgehead atoms. The van der Waals surface area contributed by atoms with E-state index in [9.17, 15) is 24.3 Å². The quantitative estimate of drug-likeness (QED) is 0.0866. The SMILES string of the molecule is CC(=O)N[C@@H](CC(=O)OCc1ccccc1)C(O)C[C@@H](CC(=O)OC(C)(C)C)C(=O)NCCOCCN=[N+]=[N-]. The number of azide groups is 1. The molecule has 0 spiro atoms. The molecule has 3 atom stereocenters. The van der Waals surface area contributed by atoms with Crippen LogP contribution in [0.2, 0.25) is 0 Å². The van der Waals surface area contributed by atoms with E-state index in [1.165, 1.54) is 6.92 Å². The maximum atomic E-state index is 12.9. The van der Waals surface area contributed by atoms with E-state index in [2.05, 4.69) is 20.7 Å². The van der Waals surface area contributed by atoms with Crippen LogP contribution in [0.15, 0.2) is 35.4 Å². The summed E-state index contributed by atoms with van der Waals surface area (Å²) < 4.78 is 15.9. The van der Waals surface area contributed by atoms with Crippen LogP contribution in [0.3, 0.4) is 0 Å². The second-order valence-electron chi connectivity index (χ2n) is 9.81. The molecule has 0 heterocycles. The standard InChI is InChI=1S/C26H39N5O8/c1-18(32)30-21(16-23(34)38-17-19-8-6-5-7-9-19)22(33)14-20(15-24(35)39-26(2,3)4)25(36)28-10-12-37-13-11-29-31-27/h5-9,20-22,33H,10-17H2,1-4H3,(H,28,36)(H,30,32)/t20-,21-,22?/m0/s1. The average Bonchev–Trinajstić information content (AvgIpc) is 2.85. The second kappa shape index (κ2) is 17.8. The first-order valence-corrected chi connectivity index (χ1v) is 12.6. The lowest BCUT2D eigenvalue weighted by atomic mass is 9.92. The van der Waals surface area contributed by atoms with Gasteiger partial charge in [0.15, 0.2) is 0 Å². The summed E-state index contributed by atoms with van der Waals surface area (Å²) in [6.07, 6.45) is -2.26. The monoisotopic (exact) mass is 549 g/mol. The molecule has 1 unspecified atom stereocenters. The summed E-state index contributed by atoms with van der Waals surface area (Å²) >= 11 is 0. The van der Waals surface area contributed by atoms with Crippen molar-refractivity contribution in [2.45, 2.75) is 71.3 Å². The van der Waals surface area contributed by atoms with Gasteiger partial charge in [0, 0.05) is 24.9 Å². The summed E-state index contributed by atoms with van der Waals surface area (Å²) in [6.45, 7) is 6.91. The molecule has 0 aliphatic carbocycles. The van der Waals surface area contributed by atoms with Crippen molar-refractivity contribution >= 4 is 23.8 Å². The fourth-order valence-corrected chi connectivity index (χ4v) is 3.49. The summed E-state index contributed by atoms with van der Waals surface area (Å²) in [4.78, 5) is 52.2. The van der Waals surface area contributed by atoms with E-state index in [1.807, 2.05) is 6.07 Å². The Hall–Kier alpha value is -3.67. The molecule has 0 aliphatic rings. The third-order valence-electron chi connectivity index (χ3n) is 5.16. The van der Waals surface area contributed by atoms with Crippen LogP contribution in [0.4, 0.5) is 0 Å². The van der Waals surface area contributed by atoms with Crippen LogP contribution in [0, 0.1) is 5.92 Å². The van der Waals surface area contributed by atoms with Gasteiger partial charge in [-0.05, 0) is 38.3 Å². The number of aliphatic hydroxyl groups excluding tert-OH is 1. The molecular formula is C26H39N5O8. The number of nitrogens with zero attached hydrogens (tertiary/aromatic N) is 3. The summed E-state index contributed by atoms with van der Waals surface area (Å²) in [5, 5.41) is 19.4. The predicted octanol–water partition coefficient (Wildman–Crippen LogP) is 2.17. The molecule has 0 saturated carbocycles. The van der Waals surface area contributed by atoms with Crippen LogP contribution in [0.5, 0.6) is 0 Å². The topological polar surface area (TPSA) is 189 Å². The highest BCUT2D eigenvalue weighted by Gasteiger charge is 2.32. The molecule has 0 fully saturated rings. The summed E-state index contributed by atoms with van der Waals surface area (Å²) in [7, 11) is 0. The number of nitrogens with one attached hydrogen (secondary N) is 2. The first kappa shape index (κ1) is 33.4. The molecule has 216 valence electrons. The van der Waals surface area contributed by atoms with Gasteiger partial charge in [-0.15, -0.1) is 0 Å². The lowest BCUT2D eigenvalue weighted by Gasteiger charge is -2.27. The zero-order chi connectivity index (χ0) is 29.3. The van der Waals surface area contributed by atoms with Crippen molar-refractivity contribution in [3.63, 3.8) is 0 Å². The smallest absolute Gasteiger partial charge is 0.308 e. The molecule has 0 aromatic heterocycles. The van der Waals surface area contributed by atoms with Gasteiger partial charge in [-0.1, -0.05) is 35.4 Å². The fraction of sp³-hybridized carbons (Fsp3) is 0.615. The Balaban J connectivity index is 2.84. The van der Waals surface area contributed by atoms with Gasteiger partial charge in [0.25, 0.3) is 0 Å². The average molecular weight is 550 g/mol. The maximum absolute atomic E-state index is 12.9. The van der Waals surface area contributed by atoms with Gasteiger partial charge in [-0.3, -0.25) is 19.2 Å². The Labute approximate surface area is 228 Å². The van der Waals surface area contributed by atoms with Crippen LogP contribution in [-0.2, 0) is 40.0 Å². The van der Waals surface area contributed by atoms with Gasteiger partial charge in [0.1, 0.15) is 12.2 Å². The Morgan fingerprint density at radius 2 is 1.77 bits per heavy atom. The number of ether oxygens (including phenoxy) is 3. The molecular weight excluding hydrogens is 510 g/mol. The Morgan fingerprint density at radius 3 is 2.38 bits per heavy atom. The number of carbonyl (C=O) groups excluding carboxylic acids is 4. The zero-order valence-corrected chi connectivity index (χ0v) is 22.9. The largest absolute Gasteiger partial charge is 0.461 e. The van der Waals surface area contributed by atoms with Crippen molar-refractivity contribution in [3.05, 3.63) is 46.3 Å². The van der Waals surface area contributed by atoms with Crippen molar-refractivity contribution < 1.29 is 38.5 Å². The molecule has 1 aromatic rings. The zero-order valence-electron chi connectivity index (χ0n) is 22.9. The van der Waals surface area contributed by atoms with E-state index in [4.69, 9.17) is 19.7 Å². The molecule has 13 heteroatoms. The lowest BCUT2D eigenvalue weighted by molar-refractivity contribution is -0.158. The van der Waals surface area contributed by atoms with Gasteiger partial charge >= 0.3 is 11.9 Å². The highest BCUT2D eigenvalue weighted by Crippen LogP contribution is 2.19. The van der Waals surface area contributed by atoms with E-state index in [0.29, 0.717) is 0 Å². The van der Waals surface area contributed by atoms with Crippen molar-refractivity contribution in [2.24, 2.45) is 11.0 Å². The molecule has 0 saturated heterocycles. The first-order valence-electron chi connectivity index (χ1n) is 12.6. The Kier molecular flexibility index (Phi) is 15.2. The molecule has 2 amide bonds. The first-order chi connectivity index (χ1) is 18.4. The number of carbonyl (C=O) groups is 4. The van der Waals surface area contributed by atoms with Crippen LogP contribution in [-0.4, -0.2) is 72.9 Å². The van der Waals surface area contributed by atoms with Crippen molar-refractivity contribution in [1.29, 1.82) is 0 Å². The highest BCUT2D eigenvalue weighted by atomic mass is 16.6. The third kappa shape index (κ3) is 16.0. The summed E-state index contributed by atoms with van der Waals surface area (Å²) in [6, 6.07) is 7.97. The Morgan fingerprint density at radius 1 is 1.08 bits per heavy atom. The molecule has 1 aromatic carbocycles. The normalized spacial score (nSPS) is 13.3. The predicted molar refractivity (Wildman–Crippen MR) is 141 cm³/mol. The van der Waals surface area contributed by atoms with E-state index >= 15 is 0 Å². The van der Waals surface area contributed by atoms with Gasteiger partial charge in [-0.2, -0.15) is 0 Å². The maximum Gasteiger partial charge on any atom is 0.308 e. The molecule has 3 N–H and O–H groups in total. The van der Waals surface area contributed by atoms with E-state index in [0.717, 1.165) is 5.56 Å². The van der Waals surface area contributed by atoms with Crippen LogP contribution < -0.4 is 10.6 Å². The number of hydrogen-bond acceptors (Lipinski definition) is 9. The van der Waals surface area contributed by atoms with Gasteiger partial charge < -0.3 is 30.0 Å². The number of aliphatic hydroxyl groups is 1. The van der Waals surface area contributed by atoms with Gasteiger partial charge in [-0.25, -0.2) is 0 Å². The number of hydrogen-bond donors (Lipinski definition) is 3. The number of rotatable bonds is 17. The van der Waals surface area contributed by atoms with Crippen molar-refractivity contribution in [2.75, 3.05) is 26.3 Å². The summed E-state index contributed by atoms with van der Waals surface area (Å²) in [5.74, 6) is -3.33. The van der Waals surface area contributed by atoms with E-state index in [-0.39, 0.29) is 52.2 Å². The van der Waals surface area contributed by atoms with Crippen LogP contribution >= 0.6 is 0 Å². The molecule has 0 radical (unpaired) electrons. The minimum absolute atomic E-state index is 0.0250. The van der Waals surface area contributed by atoms with Crippen molar-refractivity contribution in [3.8, 4) is 0 Å². The van der Waals surface area contributed by atoms with Crippen LogP contribution in [0.25, 0.3) is 10.4 Å². The Bertz CT molecular complexity index is 976. The number of benzene rings is 1. The van der Waals surface area contributed by atoms with Crippen LogP contribution in [0.1, 0.15) is 52.5 Å². The fourth-order valence-electron chi connectivity index (χ4n) is 3.49. The third-order valence-corrected chi connectivity index (χ3v) is 5.16. The minimum Gasteiger partial charge on any atom is -0.461 e. The number of esters is 2. The second-order valence-corrected chi connectivity index (χ2v) is 9.81. The lowest BCUT2D eigenvalue weighted by Crippen LogP contribution is -2.46. The molecule has 1 rings (SSSR count). The van der Waals surface area contributed by atoms with Gasteiger partial charge in [0.05, 0.1) is 44.1 Å².